The van der Waals surface area contributed by atoms with Crippen LogP contribution in [0.4, 0.5) is 0 Å². The normalized spacial score (nSPS) is 13.3. The standard InChI is InChI=1S/C22H25N3O2S/c1-14-17(15(2)25(24-14)13-16-9-7-6-8-10-16)11-18-21(27)23-20(28-18)12-19(26)22(3,4)5/h6-12H,13H2,1-5H3,(H,23,27). The summed E-state index contributed by atoms with van der Waals surface area (Å²) in [6.07, 6.45) is 3.38. The number of benzene rings is 1. The number of thiazole rings is 1. The van der Waals surface area contributed by atoms with Crippen LogP contribution in [0.15, 0.2) is 35.1 Å². The summed E-state index contributed by atoms with van der Waals surface area (Å²) in [7, 11) is 0. The smallest absolute Gasteiger partial charge is 0.266 e. The van der Waals surface area contributed by atoms with Gasteiger partial charge in [-0.1, -0.05) is 51.1 Å². The maximum atomic E-state index is 12.4. The summed E-state index contributed by atoms with van der Waals surface area (Å²) in [5.74, 6) is -0.0143. The molecule has 0 aliphatic heterocycles. The molecule has 0 aliphatic rings. The van der Waals surface area contributed by atoms with Crippen molar-refractivity contribution in [2.75, 3.05) is 0 Å². The van der Waals surface area contributed by atoms with Crippen LogP contribution in [0.3, 0.4) is 0 Å². The van der Waals surface area contributed by atoms with Crippen LogP contribution in [0.2, 0.25) is 0 Å². The van der Waals surface area contributed by atoms with Gasteiger partial charge in [-0.2, -0.15) is 5.10 Å². The van der Waals surface area contributed by atoms with Gasteiger partial charge < -0.3 is 4.98 Å². The minimum Gasteiger partial charge on any atom is -0.313 e. The summed E-state index contributed by atoms with van der Waals surface area (Å²) in [5.41, 5.74) is 3.33. The van der Waals surface area contributed by atoms with Crippen molar-refractivity contribution in [2.45, 2.75) is 41.2 Å². The van der Waals surface area contributed by atoms with E-state index in [0.717, 1.165) is 17.0 Å². The van der Waals surface area contributed by atoms with Crippen molar-refractivity contribution < 1.29 is 4.79 Å². The molecular formula is C22H25N3O2S. The van der Waals surface area contributed by atoms with Crippen molar-refractivity contribution in [1.29, 1.82) is 0 Å². The average Bonchev–Trinajstić information content (AvgIpc) is 3.09. The minimum atomic E-state index is -0.476. The van der Waals surface area contributed by atoms with Gasteiger partial charge in [0.2, 0.25) is 0 Å². The van der Waals surface area contributed by atoms with E-state index in [1.807, 2.05) is 63.6 Å². The van der Waals surface area contributed by atoms with Crippen molar-refractivity contribution in [3.63, 3.8) is 0 Å². The number of Topliss-reactive ketones (excluding diaryl/α,β-unsaturated/α-hetero) is 1. The SMILES string of the molecule is Cc1nn(Cc2ccccc2)c(C)c1C=c1sc(=CC(=O)C(C)(C)C)[nH]c1=O. The molecule has 5 nitrogen and oxygen atoms in total. The molecule has 0 saturated carbocycles. The maximum Gasteiger partial charge on any atom is 0.266 e. The Labute approximate surface area is 168 Å². The lowest BCUT2D eigenvalue weighted by Crippen LogP contribution is -2.22. The molecule has 0 unspecified atom stereocenters. The van der Waals surface area contributed by atoms with E-state index in [1.54, 1.807) is 0 Å². The number of hydrogen-bond acceptors (Lipinski definition) is 4. The van der Waals surface area contributed by atoms with Crippen LogP contribution in [-0.2, 0) is 11.3 Å². The molecule has 0 spiro atoms. The van der Waals surface area contributed by atoms with E-state index in [2.05, 4.69) is 22.2 Å². The van der Waals surface area contributed by atoms with E-state index in [-0.39, 0.29) is 11.3 Å². The van der Waals surface area contributed by atoms with Crippen molar-refractivity contribution in [2.24, 2.45) is 5.41 Å². The highest BCUT2D eigenvalue weighted by Crippen LogP contribution is 2.16. The number of nitrogens with zero attached hydrogens (tertiary/aromatic N) is 2. The molecule has 0 bridgehead atoms. The van der Waals surface area contributed by atoms with Crippen LogP contribution in [0.5, 0.6) is 0 Å². The third-order valence-electron chi connectivity index (χ3n) is 4.57. The van der Waals surface area contributed by atoms with Crippen LogP contribution in [0.25, 0.3) is 12.2 Å². The molecule has 0 radical (unpaired) electrons. The van der Waals surface area contributed by atoms with Gasteiger partial charge in [-0.05, 0) is 25.5 Å². The van der Waals surface area contributed by atoms with E-state index < -0.39 is 5.41 Å². The number of carbonyl (C=O) groups is 1. The highest BCUT2D eigenvalue weighted by Gasteiger charge is 2.18. The fourth-order valence-electron chi connectivity index (χ4n) is 2.82. The first-order valence-electron chi connectivity index (χ1n) is 9.20. The number of aromatic amines is 1. The summed E-state index contributed by atoms with van der Waals surface area (Å²) in [5, 5.41) is 4.63. The largest absolute Gasteiger partial charge is 0.313 e. The topological polar surface area (TPSA) is 67.8 Å². The van der Waals surface area contributed by atoms with E-state index >= 15 is 0 Å². The molecule has 0 fully saturated rings. The molecule has 2 aromatic heterocycles. The Balaban J connectivity index is 2.00. The summed E-state index contributed by atoms with van der Waals surface area (Å²) < 4.78 is 3.09. The molecular weight excluding hydrogens is 370 g/mol. The Kier molecular flexibility index (Phi) is 5.52. The molecule has 6 heteroatoms. The van der Waals surface area contributed by atoms with Gasteiger partial charge in [-0.3, -0.25) is 14.3 Å². The molecule has 2 heterocycles. The summed E-state index contributed by atoms with van der Waals surface area (Å²) in [6, 6.07) is 10.1. The van der Waals surface area contributed by atoms with Crippen molar-refractivity contribution in [1.82, 2.24) is 14.8 Å². The fraction of sp³-hybridized carbons (Fsp3) is 0.318. The quantitative estimate of drug-likeness (QED) is 0.738. The fourth-order valence-corrected chi connectivity index (χ4v) is 3.69. The minimum absolute atomic E-state index is 0.0143. The van der Waals surface area contributed by atoms with Gasteiger partial charge in [0.15, 0.2) is 5.78 Å². The van der Waals surface area contributed by atoms with Crippen molar-refractivity contribution in [3.8, 4) is 0 Å². The predicted octanol–water partition coefficient (Wildman–Crippen LogP) is 2.52. The van der Waals surface area contributed by atoms with Crippen LogP contribution in [-0.4, -0.2) is 20.5 Å². The lowest BCUT2D eigenvalue weighted by molar-refractivity contribution is -0.119. The molecule has 0 atom stereocenters. The monoisotopic (exact) mass is 395 g/mol. The molecule has 0 amide bonds. The number of hydrogen-bond donors (Lipinski definition) is 1. The second-order valence-corrected chi connectivity index (χ2v) is 9.00. The molecule has 0 aliphatic carbocycles. The summed E-state index contributed by atoms with van der Waals surface area (Å²) >= 11 is 1.29. The van der Waals surface area contributed by atoms with Crippen LogP contribution in [0, 0.1) is 19.3 Å². The van der Waals surface area contributed by atoms with E-state index in [1.165, 1.54) is 23.0 Å². The van der Waals surface area contributed by atoms with Gasteiger partial charge in [0.25, 0.3) is 5.56 Å². The second-order valence-electron chi connectivity index (χ2n) is 7.92. The van der Waals surface area contributed by atoms with Gasteiger partial charge >= 0.3 is 0 Å². The van der Waals surface area contributed by atoms with Crippen molar-refractivity contribution in [3.05, 3.63) is 72.4 Å². The van der Waals surface area contributed by atoms with E-state index in [9.17, 15) is 9.59 Å². The lowest BCUT2D eigenvalue weighted by Gasteiger charge is -2.12. The summed E-state index contributed by atoms with van der Waals surface area (Å²) in [4.78, 5) is 27.3. The number of nitrogens with one attached hydrogen (secondary N) is 1. The zero-order chi connectivity index (χ0) is 20.5. The third kappa shape index (κ3) is 4.39. The molecule has 146 valence electrons. The lowest BCUT2D eigenvalue weighted by atomic mass is 9.91. The Morgan fingerprint density at radius 1 is 1.21 bits per heavy atom. The molecule has 3 aromatic rings. The Morgan fingerprint density at radius 3 is 2.54 bits per heavy atom. The Morgan fingerprint density at radius 2 is 1.89 bits per heavy atom. The van der Waals surface area contributed by atoms with E-state index in [4.69, 9.17) is 0 Å². The van der Waals surface area contributed by atoms with Gasteiger partial charge in [-0.25, -0.2) is 0 Å². The number of ketones is 1. The van der Waals surface area contributed by atoms with Gasteiger partial charge in [-0.15, -0.1) is 11.3 Å². The molecule has 0 saturated heterocycles. The van der Waals surface area contributed by atoms with Crippen molar-refractivity contribution >= 4 is 29.3 Å². The molecule has 1 N–H and O–H groups in total. The summed E-state index contributed by atoms with van der Waals surface area (Å²) in [6.45, 7) is 10.2. The van der Waals surface area contributed by atoms with Crippen LogP contribution < -0.4 is 14.8 Å². The number of carbonyl (C=O) groups excluding carboxylic acids is 1. The zero-order valence-corrected chi connectivity index (χ0v) is 17.7. The third-order valence-corrected chi connectivity index (χ3v) is 5.53. The van der Waals surface area contributed by atoms with Crippen LogP contribution >= 0.6 is 11.3 Å². The Hall–Kier alpha value is -2.73. The second kappa shape index (κ2) is 7.72. The van der Waals surface area contributed by atoms with E-state index in [0.29, 0.717) is 15.7 Å². The Bertz CT molecular complexity index is 1180. The first-order chi connectivity index (χ1) is 13.1. The molecule has 3 rings (SSSR count). The number of rotatable bonds is 4. The first-order valence-corrected chi connectivity index (χ1v) is 10.0. The first kappa shape index (κ1) is 20.0. The average molecular weight is 396 g/mol. The van der Waals surface area contributed by atoms with Crippen LogP contribution in [0.1, 0.15) is 43.3 Å². The maximum absolute atomic E-state index is 12.4. The zero-order valence-electron chi connectivity index (χ0n) is 16.9. The molecule has 1 aromatic carbocycles. The van der Waals surface area contributed by atoms with Gasteiger partial charge in [0, 0.05) is 22.7 Å². The van der Waals surface area contributed by atoms with Gasteiger partial charge in [0.1, 0.15) is 0 Å². The molecule has 28 heavy (non-hydrogen) atoms. The predicted molar refractivity (Wildman–Crippen MR) is 114 cm³/mol. The number of aryl methyl sites for hydroxylation is 1. The number of H-pyrrole nitrogens is 1. The number of aromatic nitrogens is 3. The highest BCUT2D eigenvalue weighted by molar-refractivity contribution is 7.07. The highest BCUT2D eigenvalue weighted by atomic mass is 32.1. The van der Waals surface area contributed by atoms with Gasteiger partial charge in [0.05, 0.1) is 21.4 Å².